The Balaban J connectivity index is 1.48. The van der Waals surface area contributed by atoms with Gasteiger partial charge in [0.05, 0.1) is 18.7 Å². The number of nitrogens with two attached hydrogens (primary N) is 1. The van der Waals surface area contributed by atoms with Crippen molar-refractivity contribution in [2.45, 2.75) is 57.2 Å². The van der Waals surface area contributed by atoms with Gasteiger partial charge in [-0.15, -0.1) is 0 Å². The van der Waals surface area contributed by atoms with Crippen LogP contribution >= 0.6 is 11.6 Å². The molecule has 0 spiro atoms. The van der Waals surface area contributed by atoms with Crippen molar-refractivity contribution in [3.63, 3.8) is 0 Å². The van der Waals surface area contributed by atoms with Crippen LogP contribution in [-0.4, -0.2) is 61.6 Å². The van der Waals surface area contributed by atoms with Crippen molar-refractivity contribution in [2.75, 3.05) is 13.7 Å². The molecular weight excluding hydrogens is 571 g/mol. The number of halogens is 2. The molecule has 0 bridgehead atoms. The molecular formula is C32H34ClFN6O3. The predicted molar refractivity (Wildman–Crippen MR) is 162 cm³/mol. The maximum Gasteiger partial charge on any atom is 0.251 e. The molecule has 4 aromatic rings. The number of carbonyl (C=O) groups is 2. The molecule has 9 nitrogen and oxygen atoms in total. The third-order valence-corrected chi connectivity index (χ3v) is 8.30. The van der Waals surface area contributed by atoms with E-state index in [1.54, 1.807) is 53.4 Å². The van der Waals surface area contributed by atoms with Crippen molar-refractivity contribution < 1.29 is 18.7 Å². The molecule has 0 saturated heterocycles. The maximum absolute atomic E-state index is 14.2. The first-order valence-electron chi connectivity index (χ1n) is 14.2. The van der Waals surface area contributed by atoms with Gasteiger partial charge in [0.2, 0.25) is 0 Å². The summed E-state index contributed by atoms with van der Waals surface area (Å²) in [6.45, 7) is 1.89. The fourth-order valence-electron chi connectivity index (χ4n) is 5.54. The zero-order valence-electron chi connectivity index (χ0n) is 24.2. The SMILES string of the molecule is COc1ccc(-c2nc(-c3ccncc3)nn2CCN(C(=O)[C@@](N)(Cc2ccc(F)cc2)C(C)=O)C2CCCC2)cc1Cl. The highest BCUT2D eigenvalue weighted by Crippen LogP contribution is 2.31. The lowest BCUT2D eigenvalue weighted by Gasteiger charge is -2.36. The lowest BCUT2D eigenvalue weighted by molar-refractivity contribution is -0.144. The van der Waals surface area contributed by atoms with E-state index in [2.05, 4.69) is 4.98 Å². The standard InChI is InChI=1S/C32H34ClFN6O3/c1-21(41)32(35,20-22-7-10-25(34)11-8-22)31(42)39(26-5-3-4-6-26)17-18-40-30(24-9-12-28(43-2)27(33)19-24)37-29(38-40)23-13-15-36-16-14-23/h7-16,19,26H,3-6,17-18,20,35H2,1-2H3/t32-/m1/s1. The average Bonchev–Trinajstić information content (AvgIpc) is 3.70. The van der Waals surface area contributed by atoms with Crippen LogP contribution in [0.2, 0.25) is 5.02 Å². The van der Waals surface area contributed by atoms with E-state index >= 15 is 0 Å². The Kier molecular flexibility index (Phi) is 9.17. The minimum atomic E-state index is -1.79. The highest BCUT2D eigenvalue weighted by Gasteiger charge is 2.44. The van der Waals surface area contributed by atoms with Crippen LogP contribution in [0.5, 0.6) is 5.75 Å². The molecule has 1 atom stereocenters. The van der Waals surface area contributed by atoms with Gasteiger partial charge in [0, 0.05) is 42.5 Å². The van der Waals surface area contributed by atoms with Crippen molar-refractivity contribution in [1.29, 1.82) is 0 Å². The Morgan fingerprint density at radius 2 is 1.79 bits per heavy atom. The molecule has 2 N–H and O–H groups in total. The zero-order valence-corrected chi connectivity index (χ0v) is 24.9. The Morgan fingerprint density at radius 3 is 2.42 bits per heavy atom. The maximum atomic E-state index is 14.2. The normalized spacial score (nSPS) is 14.8. The molecule has 2 aromatic carbocycles. The van der Waals surface area contributed by atoms with Gasteiger partial charge >= 0.3 is 0 Å². The molecule has 43 heavy (non-hydrogen) atoms. The van der Waals surface area contributed by atoms with Crippen LogP contribution in [0.25, 0.3) is 22.8 Å². The van der Waals surface area contributed by atoms with Gasteiger partial charge in [0.1, 0.15) is 11.6 Å². The summed E-state index contributed by atoms with van der Waals surface area (Å²) in [5.41, 5.74) is 6.96. The van der Waals surface area contributed by atoms with Gasteiger partial charge in [-0.1, -0.05) is 36.6 Å². The van der Waals surface area contributed by atoms with Gasteiger partial charge in [-0.05, 0) is 67.8 Å². The number of amides is 1. The molecule has 2 heterocycles. The molecule has 224 valence electrons. The summed E-state index contributed by atoms with van der Waals surface area (Å²) in [6.07, 6.45) is 6.90. The van der Waals surface area contributed by atoms with Gasteiger partial charge in [-0.2, -0.15) is 5.10 Å². The number of pyridine rings is 1. The first-order valence-corrected chi connectivity index (χ1v) is 14.6. The number of hydrogen-bond donors (Lipinski definition) is 1. The molecule has 11 heteroatoms. The second-order valence-electron chi connectivity index (χ2n) is 10.8. The van der Waals surface area contributed by atoms with E-state index in [1.807, 2.05) is 18.2 Å². The van der Waals surface area contributed by atoms with E-state index in [9.17, 15) is 14.0 Å². The van der Waals surface area contributed by atoms with Gasteiger partial charge in [-0.25, -0.2) is 14.1 Å². The number of benzene rings is 2. The average molecular weight is 605 g/mol. The van der Waals surface area contributed by atoms with Crippen LogP contribution in [0, 0.1) is 5.82 Å². The zero-order chi connectivity index (χ0) is 30.6. The molecule has 1 amide bonds. The van der Waals surface area contributed by atoms with Crippen LogP contribution in [0.1, 0.15) is 38.2 Å². The summed E-state index contributed by atoms with van der Waals surface area (Å²) in [5, 5.41) is 5.22. The van der Waals surface area contributed by atoms with Crippen LogP contribution in [0.15, 0.2) is 67.0 Å². The van der Waals surface area contributed by atoms with Crippen molar-refractivity contribution in [2.24, 2.45) is 5.73 Å². The van der Waals surface area contributed by atoms with Crippen molar-refractivity contribution in [3.8, 4) is 28.5 Å². The Bertz CT molecular complexity index is 1590. The van der Waals surface area contributed by atoms with Gasteiger partial charge in [0.15, 0.2) is 23.0 Å². The summed E-state index contributed by atoms with van der Waals surface area (Å²) < 4.78 is 20.6. The van der Waals surface area contributed by atoms with Gasteiger partial charge in [0.25, 0.3) is 5.91 Å². The lowest BCUT2D eigenvalue weighted by atomic mass is 9.86. The number of ketones is 1. The second-order valence-corrected chi connectivity index (χ2v) is 11.2. The number of rotatable bonds is 11. The van der Waals surface area contributed by atoms with Crippen LogP contribution in [-0.2, 0) is 22.6 Å². The fraction of sp³-hybridized carbons (Fsp3) is 0.344. The Hall–Kier alpha value is -4.15. The number of nitrogens with zero attached hydrogens (tertiary/aromatic N) is 5. The minimum absolute atomic E-state index is 0.0320. The largest absolute Gasteiger partial charge is 0.495 e. The van der Waals surface area contributed by atoms with E-state index in [0.29, 0.717) is 34.5 Å². The highest BCUT2D eigenvalue weighted by atomic mass is 35.5. The number of ether oxygens (including phenoxy) is 1. The second kappa shape index (κ2) is 13.0. The van der Waals surface area contributed by atoms with E-state index in [0.717, 1.165) is 36.8 Å². The Labute approximate surface area is 254 Å². The molecule has 0 radical (unpaired) electrons. The highest BCUT2D eigenvalue weighted by molar-refractivity contribution is 6.32. The topological polar surface area (TPSA) is 116 Å². The summed E-state index contributed by atoms with van der Waals surface area (Å²) in [6, 6.07) is 14.7. The molecule has 0 aliphatic heterocycles. The fourth-order valence-corrected chi connectivity index (χ4v) is 5.80. The summed E-state index contributed by atoms with van der Waals surface area (Å²) in [7, 11) is 1.55. The summed E-state index contributed by atoms with van der Waals surface area (Å²) >= 11 is 6.46. The number of Topliss-reactive ketones (excluding diaryl/α,β-unsaturated/α-hetero) is 1. The van der Waals surface area contributed by atoms with E-state index < -0.39 is 23.0 Å². The first kappa shape index (κ1) is 30.3. The van der Waals surface area contributed by atoms with E-state index in [1.165, 1.54) is 19.1 Å². The minimum Gasteiger partial charge on any atom is -0.495 e. The molecule has 1 aliphatic carbocycles. The third kappa shape index (κ3) is 6.60. The predicted octanol–water partition coefficient (Wildman–Crippen LogP) is 5.11. The van der Waals surface area contributed by atoms with Gasteiger partial charge in [-0.3, -0.25) is 14.6 Å². The monoisotopic (exact) mass is 604 g/mol. The number of carbonyl (C=O) groups excluding carboxylic acids is 2. The smallest absolute Gasteiger partial charge is 0.251 e. The van der Waals surface area contributed by atoms with Crippen LogP contribution < -0.4 is 10.5 Å². The van der Waals surface area contributed by atoms with Crippen molar-refractivity contribution in [1.82, 2.24) is 24.6 Å². The van der Waals surface area contributed by atoms with Crippen LogP contribution in [0.4, 0.5) is 4.39 Å². The summed E-state index contributed by atoms with van der Waals surface area (Å²) in [5.74, 6) is 0.303. The van der Waals surface area contributed by atoms with Gasteiger partial charge < -0.3 is 15.4 Å². The Morgan fingerprint density at radius 1 is 1.09 bits per heavy atom. The third-order valence-electron chi connectivity index (χ3n) is 8.01. The van der Waals surface area contributed by atoms with Crippen LogP contribution in [0.3, 0.4) is 0 Å². The molecule has 0 unspecified atom stereocenters. The summed E-state index contributed by atoms with van der Waals surface area (Å²) in [4.78, 5) is 37.8. The lowest BCUT2D eigenvalue weighted by Crippen LogP contribution is -2.63. The molecule has 1 aliphatic rings. The molecule has 1 fully saturated rings. The molecule has 5 rings (SSSR count). The quantitative estimate of drug-likeness (QED) is 0.237. The first-order chi connectivity index (χ1) is 20.7. The van der Waals surface area contributed by atoms with E-state index in [4.69, 9.17) is 32.2 Å². The van der Waals surface area contributed by atoms with Crippen molar-refractivity contribution >= 4 is 23.3 Å². The molecule has 2 aromatic heterocycles. The number of aromatic nitrogens is 4. The van der Waals surface area contributed by atoms with E-state index in [-0.39, 0.29) is 19.0 Å². The number of methoxy groups -OCH3 is 1. The van der Waals surface area contributed by atoms with Crippen molar-refractivity contribution in [3.05, 3.63) is 83.4 Å². The number of hydrogen-bond acceptors (Lipinski definition) is 7. The molecule has 1 saturated carbocycles.